The molecule has 1 aromatic heterocycles. The molecule has 0 saturated carbocycles. The van der Waals surface area contributed by atoms with Gasteiger partial charge in [-0.25, -0.2) is 9.78 Å². The van der Waals surface area contributed by atoms with Crippen LogP contribution < -0.4 is 15.2 Å². The second-order valence-corrected chi connectivity index (χ2v) is 6.33. The first-order valence-corrected chi connectivity index (χ1v) is 8.97. The molecule has 0 atom stereocenters. The largest absolute Gasteiger partial charge is 0.462 e. The number of fused-ring (bicyclic) bond motifs is 1. The predicted molar refractivity (Wildman–Crippen MR) is 96.1 cm³/mol. The minimum absolute atomic E-state index is 0.302. The molecule has 25 heavy (non-hydrogen) atoms. The number of rotatable bonds is 6. The van der Waals surface area contributed by atoms with Crippen LogP contribution in [-0.2, 0) is 9.47 Å². The van der Waals surface area contributed by atoms with E-state index < -0.39 is 0 Å². The van der Waals surface area contributed by atoms with Crippen molar-refractivity contribution in [2.24, 2.45) is 0 Å². The third-order valence-electron chi connectivity index (χ3n) is 4.65. The Morgan fingerprint density at radius 2 is 2.16 bits per heavy atom. The molecule has 1 fully saturated rings. The number of aryl methyl sites for hydroxylation is 1. The second-order valence-electron chi connectivity index (χ2n) is 6.33. The first-order chi connectivity index (χ1) is 12.2. The Balaban J connectivity index is 1.85. The zero-order valence-corrected chi connectivity index (χ0v) is 15.0. The van der Waals surface area contributed by atoms with Gasteiger partial charge in [-0.2, -0.15) is 0 Å². The molecule has 0 radical (unpaired) electrons. The lowest BCUT2D eigenvalue weighted by molar-refractivity contribution is -0.906. The van der Waals surface area contributed by atoms with Gasteiger partial charge in [0.05, 0.1) is 44.0 Å². The number of carbonyl (C=O) groups is 1. The summed E-state index contributed by atoms with van der Waals surface area (Å²) in [4.78, 5) is 17.1. The maximum Gasteiger partial charge on any atom is 0.346 e. The molecule has 1 aromatic carbocycles. The van der Waals surface area contributed by atoms with E-state index in [1.165, 1.54) is 4.90 Å². The van der Waals surface area contributed by atoms with Crippen LogP contribution in [-0.4, -0.2) is 52.0 Å². The molecule has 134 valence electrons. The van der Waals surface area contributed by atoms with Crippen molar-refractivity contribution in [3.63, 3.8) is 0 Å². The van der Waals surface area contributed by atoms with Crippen molar-refractivity contribution < 1.29 is 24.2 Å². The summed E-state index contributed by atoms with van der Waals surface area (Å²) in [6, 6.07) is 6.11. The van der Waals surface area contributed by atoms with Crippen molar-refractivity contribution in [3.05, 3.63) is 35.5 Å². The molecule has 0 aliphatic carbocycles. The number of aromatic amines is 1. The summed E-state index contributed by atoms with van der Waals surface area (Å²) in [5.74, 6) is -0.302. The van der Waals surface area contributed by atoms with Gasteiger partial charge in [0.1, 0.15) is 18.7 Å². The van der Waals surface area contributed by atoms with Gasteiger partial charge in [-0.1, -0.05) is 12.1 Å². The third-order valence-corrected chi connectivity index (χ3v) is 4.65. The summed E-state index contributed by atoms with van der Waals surface area (Å²) in [5, 5.41) is 4.50. The van der Waals surface area contributed by atoms with Crippen LogP contribution in [0.5, 0.6) is 0 Å². The molecule has 6 nitrogen and oxygen atoms in total. The molecule has 1 aliphatic rings. The Morgan fingerprint density at radius 3 is 2.92 bits per heavy atom. The summed E-state index contributed by atoms with van der Waals surface area (Å²) in [7, 11) is 0. The van der Waals surface area contributed by atoms with E-state index in [2.05, 4.69) is 23.3 Å². The van der Waals surface area contributed by atoms with Crippen LogP contribution in [0.3, 0.4) is 0 Å². The summed E-state index contributed by atoms with van der Waals surface area (Å²) in [6.45, 7) is 9.77. The van der Waals surface area contributed by atoms with Crippen molar-refractivity contribution >= 4 is 22.6 Å². The molecule has 0 spiro atoms. The summed E-state index contributed by atoms with van der Waals surface area (Å²) in [6.07, 6.45) is 1.75. The van der Waals surface area contributed by atoms with E-state index in [9.17, 15) is 4.79 Å². The maximum absolute atomic E-state index is 12.4. The van der Waals surface area contributed by atoms with Gasteiger partial charge in [0.25, 0.3) is 0 Å². The van der Waals surface area contributed by atoms with Crippen LogP contribution in [0.25, 0.3) is 10.9 Å². The number of morpholine rings is 1. The van der Waals surface area contributed by atoms with Crippen LogP contribution in [0, 0.1) is 6.92 Å². The van der Waals surface area contributed by atoms with Crippen molar-refractivity contribution in [1.82, 2.24) is 0 Å². The number of aromatic nitrogens is 1. The number of quaternary nitrogens is 1. The number of esters is 1. The number of H-pyrrole nitrogens is 1. The molecule has 6 heteroatoms. The smallest absolute Gasteiger partial charge is 0.346 e. The average Bonchev–Trinajstić information content (AvgIpc) is 2.63. The number of hydrogen-bond donors (Lipinski definition) is 2. The Labute approximate surface area is 148 Å². The van der Waals surface area contributed by atoms with Gasteiger partial charge < -0.3 is 19.7 Å². The first kappa shape index (κ1) is 17.6. The van der Waals surface area contributed by atoms with Gasteiger partial charge >= 0.3 is 5.97 Å². The topological polar surface area (TPSA) is 66.1 Å². The van der Waals surface area contributed by atoms with E-state index in [0.29, 0.717) is 12.2 Å². The minimum Gasteiger partial charge on any atom is -0.462 e. The highest BCUT2D eigenvalue weighted by Gasteiger charge is 2.21. The van der Waals surface area contributed by atoms with Gasteiger partial charge in [0, 0.05) is 5.56 Å². The quantitative estimate of drug-likeness (QED) is 0.747. The van der Waals surface area contributed by atoms with Crippen LogP contribution in [0.15, 0.2) is 24.4 Å². The molecule has 0 amide bonds. The maximum atomic E-state index is 12.4. The fourth-order valence-electron chi connectivity index (χ4n) is 3.26. The molecule has 0 bridgehead atoms. The van der Waals surface area contributed by atoms with Crippen molar-refractivity contribution in [2.45, 2.75) is 13.8 Å². The van der Waals surface area contributed by atoms with Gasteiger partial charge in [0.2, 0.25) is 5.52 Å². The lowest BCUT2D eigenvalue weighted by Gasteiger charge is -2.24. The van der Waals surface area contributed by atoms with E-state index in [4.69, 9.17) is 9.47 Å². The monoisotopic (exact) mass is 345 g/mol. The SMILES string of the molecule is CCOC(=O)c1c[nH+]c2c(C)cccc2c1NCC[NH+]1CCOCC1. The minimum atomic E-state index is -0.302. The zero-order chi connectivity index (χ0) is 17.6. The van der Waals surface area contributed by atoms with E-state index >= 15 is 0 Å². The fourth-order valence-corrected chi connectivity index (χ4v) is 3.26. The number of para-hydroxylation sites is 1. The number of carbonyl (C=O) groups excluding carboxylic acids is 1. The van der Waals surface area contributed by atoms with Crippen molar-refractivity contribution in [1.29, 1.82) is 0 Å². The highest BCUT2D eigenvalue weighted by atomic mass is 16.5. The van der Waals surface area contributed by atoms with Crippen molar-refractivity contribution in [3.8, 4) is 0 Å². The van der Waals surface area contributed by atoms with Crippen LogP contribution in [0.2, 0.25) is 0 Å². The van der Waals surface area contributed by atoms with Gasteiger partial charge in [-0.15, -0.1) is 0 Å². The first-order valence-electron chi connectivity index (χ1n) is 8.97. The molecule has 3 rings (SSSR count). The third kappa shape index (κ3) is 4.08. The average molecular weight is 345 g/mol. The zero-order valence-electron chi connectivity index (χ0n) is 15.0. The lowest BCUT2D eigenvalue weighted by atomic mass is 10.1. The van der Waals surface area contributed by atoms with Gasteiger partial charge in [-0.05, 0) is 19.9 Å². The standard InChI is InChI=1S/C19H25N3O3/c1-3-25-19(23)16-13-21-17-14(2)5-4-6-15(17)18(16)20-7-8-22-9-11-24-12-10-22/h4-6,13H,3,7-12H2,1-2H3,(H,20,21)/p+2. The number of benzene rings is 1. The molecular formula is C19H27N3O3+2. The highest BCUT2D eigenvalue weighted by molar-refractivity contribution is 6.04. The molecular weight excluding hydrogens is 318 g/mol. The normalized spacial score (nSPS) is 15.3. The van der Waals surface area contributed by atoms with E-state index in [0.717, 1.165) is 61.5 Å². The second kappa shape index (κ2) is 8.27. The van der Waals surface area contributed by atoms with E-state index in [1.807, 2.05) is 19.1 Å². The van der Waals surface area contributed by atoms with Gasteiger partial charge in [-0.3, -0.25) is 0 Å². The summed E-state index contributed by atoms with van der Waals surface area (Å²) in [5.41, 5.74) is 3.59. The van der Waals surface area contributed by atoms with E-state index in [1.54, 1.807) is 6.20 Å². The molecule has 3 N–H and O–H groups in total. The Hall–Kier alpha value is -2.18. The molecule has 1 aliphatic heterocycles. The lowest BCUT2D eigenvalue weighted by Crippen LogP contribution is -3.14. The fraction of sp³-hybridized carbons (Fsp3) is 0.474. The summed E-state index contributed by atoms with van der Waals surface area (Å²) < 4.78 is 10.6. The van der Waals surface area contributed by atoms with Crippen molar-refractivity contribution in [2.75, 3.05) is 51.3 Å². The molecule has 0 unspecified atom stereocenters. The Bertz CT molecular complexity index is 742. The van der Waals surface area contributed by atoms with Crippen LogP contribution in [0.1, 0.15) is 22.8 Å². The predicted octanol–water partition coefficient (Wildman–Crippen LogP) is 0.466. The van der Waals surface area contributed by atoms with Crippen LogP contribution in [0.4, 0.5) is 5.69 Å². The highest BCUT2D eigenvalue weighted by Crippen LogP contribution is 2.26. The molecule has 1 saturated heterocycles. The Morgan fingerprint density at radius 1 is 1.36 bits per heavy atom. The molecule has 2 heterocycles. The van der Waals surface area contributed by atoms with E-state index in [-0.39, 0.29) is 5.97 Å². The number of nitrogens with one attached hydrogen (secondary N) is 3. The number of ether oxygens (including phenoxy) is 2. The Kier molecular flexibility index (Phi) is 5.83. The number of hydrogen-bond acceptors (Lipinski definition) is 4. The summed E-state index contributed by atoms with van der Waals surface area (Å²) >= 11 is 0. The van der Waals surface area contributed by atoms with Gasteiger partial charge in [0.15, 0.2) is 6.20 Å². The molecule has 2 aromatic rings. The number of anilines is 1. The van der Waals surface area contributed by atoms with Crippen LogP contribution >= 0.6 is 0 Å². The number of pyridine rings is 1.